The summed E-state index contributed by atoms with van der Waals surface area (Å²) in [6.45, 7) is 4.71. The van der Waals surface area contributed by atoms with Crippen LogP contribution in [0.3, 0.4) is 0 Å². The summed E-state index contributed by atoms with van der Waals surface area (Å²) in [6, 6.07) is 7.77. The Bertz CT molecular complexity index is 579. The van der Waals surface area contributed by atoms with Crippen molar-refractivity contribution in [1.29, 1.82) is 0 Å². The van der Waals surface area contributed by atoms with Crippen molar-refractivity contribution in [2.75, 3.05) is 7.11 Å². The predicted octanol–water partition coefficient (Wildman–Crippen LogP) is 2.19. The minimum Gasteiger partial charge on any atom is -0.497 e. The number of carbonyl (C=O) groups is 1. The molecule has 1 aromatic heterocycles. The molecule has 118 valence electrons. The second-order valence-electron chi connectivity index (χ2n) is 5.47. The molecule has 0 aliphatic heterocycles. The number of nitrogens with one attached hydrogen (secondary N) is 1. The second kappa shape index (κ2) is 7.59. The minimum absolute atomic E-state index is 0.00465. The van der Waals surface area contributed by atoms with Gasteiger partial charge in [0.1, 0.15) is 18.4 Å². The summed E-state index contributed by atoms with van der Waals surface area (Å²) >= 11 is 0. The SMILES string of the molecule is COc1ccc(C(NC(=O)CCn2cncn2)C(C)C)cc1. The Morgan fingerprint density at radius 1 is 1.32 bits per heavy atom. The Morgan fingerprint density at radius 3 is 2.59 bits per heavy atom. The molecule has 0 radical (unpaired) electrons. The molecule has 2 aromatic rings. The Hall–Kier alpha value is -2.37. The van der Waals surface area contributed by atoms with Crippen molar-refractivity contribution in [1.82, 2.24) is 20.1 Å². The number of hydrogen-bond donors (Lipinski definition) is 1. The van der Waals surface area contributed by atoms with Gasteiger partial charge in [-0.25, -0.2) is 4.98 Å². The fraction of sp³-hybridized carbons (Fsp3) is 0.438. The van der Waals surface area contributed by atoms with Gasteiger partial charge in [0.25, 0.3) is 0 Å². The van der Waals surface area contributed by atoms with Crippen molar-refractivity contribution in [2.24, 2.45) is 5.92 Å². The minimum atomic E-state index is -0.0193. The zero-order valence-electron chi connectivity index (χ0n) is 13.2. The van der Waals surface area contributed by atoms with E-state index < -0.39 is 0 Å². The summed E-state index contributed by atoms with van der Waals surface area (Å²) < 4.78 is 6.82. The zero-order chi connectivity index (χ0) is 15.9. The summed E-state index contributed by atoms with van der Waals surface area (Å²) in [5.74, 6) is 1.11. The molecule has 2 rings (SSSR count). The maximum absolute atomic E-state index is 12.2. The van der Waals surface area contributed by atoms with Crippen molar-refractivity contribution >= 4 is 5.91 Å². The third kappa shape index (κ3) is 4.31. The lowest BCUT2D eigenvalue weighted by molar-refractivity contribution is -0.122. The third-order valence-corrected chi connectivity index (χ3v) is 3.49. The van der Waals surface area contributed by atoms with E-state index in [4.69, 9.17) is 4.74 Å². The first-order chi connectivity index (χ1) is 10.6. The zero-order valence-corrected chi connectivity index (χ0v) is 13.2. The van der Waals surface area contributed by atoms with E-state index in [-0.39, 0.29) is 11.9 Å². The topological polar surface area (TPSA) is 69.0 Å². The first kappa shape index (κ1) is 16.0. The Kier molecular flexibility index (Phi) is 5.52. The molecule has 1 amide bonds. The molecule has 0 bridgehead atoms. The molecule has 1 N–H and O–H groups in total. The van der Waals surface area contributed by atoms with E-state index >= 15 is 0 Å². The first-order valence-corrected chi connectivity index (χ1v) is 7.36. The number of aromatic nitrogens is 3. The molecule has 6 nitrogen and oxygen atoms in total. The van der Waals surface area contributed by atoms with Crippen molar-refractivity contribution in [3.05, 3.63) is 42.5 Å². The summed E-state index contributed by atoms with van der Waals surface area (Å²) in [5, 5.41) is 7.08. The summed E-state index contributed by atoms with van der Waals surface area (Å²) in [4.78, 5) is 16.0. The number of ether oxygens (including phenoxy) is 1. The van der Waals surface area contributed by atoms with Crippen LogP contribution in [-0.2, 0) is 11.3 Å². The molecule has 0 saturated heterocycles. The average Bonchev–Trinajstić information content (AvgIpc) is 3.04. The van der Waals surface area contributed by atoms with Crippen LogP contribution in [0, 0.1) is 5.92 Å². The molecular formula is C16H22N4O2. The highest BCUT2D eigenvalue weighted by molar-refractivity contribution is 5.76. The van der Waals surface area contributed by atoms with E-state index in [1.807, 2.05) is 24.3 Å². The van der Waals surface area contributed by atoms with E-state index in [1.165, 1.54) is 6.33 Å². The Labute approximate surface area is 130 Å². The van der Waals surface area contributed by atoms with Gasteiger partial charge in [0.15, 0.2) is 0 Å². The fourth-order valence-electron chi connectivity index (χ4n) is 2.26. The van der Waals surface area contributed by atoms with Crippen LogP contribution in [0.25, 0.3) is 0 Å². The number of aryl methyl sites for hydroxylation is 1. The van der Waals surface area contributed by atoms with Crippen LogP contribution in [0.4, 0.5) is 0 Å². The molecule has 0 saturated carbocycles. The second-order valence-corrected chi connectivity index (χ2v) is 5.47. The molecule has 1 unspecified atom stereocenters. The molecule has 0 fully saturated rings. The van der Waals surface area contributed by atoms with Gasteiger partial charge >= 0.3 is 0 Å². The van der Waals surface area contributed by atoms with Gasteiger partial charge < -0.3 is 10.1 Å². The van der Waals surface area contributed by atoms with Crippen LogP contribution in [0.15, 0.2) is 36.9 Å². The van der Waals surface area contributed by atoms with Crippen LogP contribution in [0.2, 0.25) is 0 Å². The van der Waals surface area contributed by atoms with Gasteiger partial charge in [0.2, 0.25) is 5.91 Å². The van der Waals surface area contributed by atoms with Gasteiger partial charge in [-0.1, -0.05) is 26.0 Å². The summed E-state index contributed by atoms with van der Waals surface area (Å²) in [7, 11) is 1.64. The van der Waals surface area contributed by atoms with Crippen molar-refractivity contribution in [3.8, 4) is 5.75 Å². The standard InChI is InChI=1S/C16H22N4O2/c1-12(2)16(13-4-6-14(22-3)7-5-13)19-15(21)8-9-20-11-17-10-18-20/h4-7,10-12,16H,8-9H2,1-3H3,(H,19,21). The monoisotopic (exact) mass is 302 g/mol. The van der Waals surface area contributed by atoms with Crippen LogP contribution in [0.5, 0.6) is 5.75 Å². The van der Waals surface area contributed by atoms with Crippen LogP contribution in [-0.4, -0.2) is 27.8 Å². The number of amides is 1. The molecule has 1 atom stereocenters. The lowest BCUT2D eigenvalue weighted by atomic mass is 9.96. The Balaban J connectivity index is 1.96. The highest BCUT2D eigenvalue weighted by atomic mass is 16.5. The maximum atomic E-state index is 12.2. The fourth-order valence-corrected chi connectivity index (χ4v) is 2.26. The molecule has 0 aliphatic rings. The van der Waals surface area contributed by atoms with E-state index in [9.17, 15) is 4.79 Å². The Morgan fingerprint density at radius 2 is 2.05 bits per heavy atom. The smallest absolute Gasteiger partial charge is 0.222 e. The molecule has 22 heavy (non-hydrogen) atoms. The summed E-state index contributed by atoms with van der Waals surface area (Å²) in [6.07, 6.45) is 3.45. The molecule has 0 spiro atoms. The van der Waals surface area contributed by atoms with Crippen LogP contribution in [0.1, 0.15) is 31.9 Å². The van der Waals surface area contributed by atoms with Gasteiger partial charge in [0, 0.05) is 6.42 Å². The number of rotatable bonds is 7. The van der Waals surface area contributed by atoms with E-state index in [0.29, 0.717) is 18.9 Å². The molecule has 0 aliphatic carbocycles. The van der Waals surface area contributed by atoms with Gasteiger partial charge in [-0.15, -0.1) is 0 Å². The number of carbonyl (C=O) groups excluding carboxylic acids is 1. The van der Waals surface area contributed by atoms with E-state index in [1.54, 1.807) is 18.1 Å². The number of hydrogen-bond acceptors (Lipinski definition) is 4. The van der Waals surface area contributed by atoms with Crippen LogP contribution >= 0.6 is 0 Å². The molecule has 6 heteroatoms. The normalized spacial score (nSPS) is 12.2. The number of benzene rings is 1. The summed E-state index contributed by atoms with van der Waals surface area (Å²) in [5.41, 5.74) is 1.07. The number of nitrogens with zero attached hydrogens (tertiary/aromatic N) is 3. The quantitative estimate of drug-likeness (QED) is 0.851. The van der Waals surface area contributed by atoms with Gasteiger partial charge in [0.05, 0.1) is 19.7 Å². The van der Waals surface area contributed by atoms with Gasteiger partial charge in [-0.05, 0) is 23.6 Å². The first-order valence-electron chi connectivity index (χ1n) is 7.36. The van der Waals surface area contributed by atoms with Crippen molar-refractivity contribution < 1.29 is 9.53 Å². The van der Waals surface area contributed by atoms with Crippen molar-refractivity contribution in [2.45, 2.75) is 32.9 Å². The van der Waals surface area contributed by atoms with E-state index in [0.717, 1.165) is 11.3 Å². The molecule has 1 heterocycles. The predicted molar refractivity (Wildman–Crippen MR) is 83.4 cm³/mol. The highest BCUT2D eigenvalue weighted by Gasteiger charge is 2.18. The molecular weight excluding hydrogens is 280 g/mol. The van der Waals surface area contributed by atoms with Crippen molar-refractivity contribution in [3.63, 3.8) is 0 Å². The average molecular weight is 302 g/mol. The lowest BCUT2D eigenvalue weighted by Crippen LogP contribution is -2.32. The van der Waals surface area contributed by atoms with Crippen LogP contribution < -0.4 is 10.1 Å². The number of methoxy groups -OCH3 is 1. The third-order valence-electron chi connectivity index (χ3n) is 3.49. The highest BCUT2D eigenvalue weighted by Crippen LogP contribution is 2.24. The lowest BCUT2D eigenvalue weighted by Gasteiger charge is -2.23. The largest absolute Gasteiger partial charge is 0.497 e. The molecule has 1 aromatic carbocycles. The van der Waals surface area contributed by atoms with Gasteiger partial charge in [-0.2, -0.15) is 5.10 Å². The maximum Gasteiger partial charge on any atom is 0.222 e. The van der Waals surface area contributed by atoms with E-state index in [2.05, 4.69) is 29.2 Å². The van der Waals surface area contributed by atoms with Gasteiger partial charge in [-0.3, -0.25) is 9.48 Å².